The van der Waals surface area contributed by atoms with Crippen molar-refractivity contribution in [1.29, 1.82) is 0 Å². The summed E-state index contributed by atoms with van der Waals surface area (Å²) in [5.74, 6) is -0.449. The normalized spacial score (nSPS) is 11.5. The van der Waals surface area contributed by atoms with Crippen LogP contribution in [0.2, 0.25) is 0 Å². The second-order valence-electron chi connectivity index (χ2n) is 5.95. The van der Waals surface area contributed by atoms with Crippen molar-refractivity contribution in [3.05, 3.63) is 86.3 Å². The maximum Gasteiger partial charge on any atom is 0.273 e. The van der Waals surface area contributed by atoms with Crippen LogP contribution in [0.3, 0.4) is 0 Å². The number of methoxy groups -OCH3 is 1. The van der Waals surface area contributed by atoms with Gasteiger partial charge in [0.25, 0.3) is 11.6 Å². The fourth-order valence-corrected chi connectivity index (χ4v) is 3.47. The highest BCUT2D eigenvalue weighted by atomic mass is 32.1. The quantitative estimate of drug-likeness (QED) is 0.441. The maximum atomic E-state index is 13.3. The number of benzene rings is 2. The van der Waals surface area contributed by atoms with Gasteiger partial charge in [-0.2, -0.15) is 0 Å². The zero-order valence-electron chi connectivity index (χ0n) is 15.3. The summed E-state index contributed by atoms with van der Waals surface area (Å²) < 4.78 is 23.8. The lowest BCUT2D eigenvalue weighted by Crippen LogP contribution is -2.33. The predicted octanol–water partition coefficient (Wildman–Crippen LogP) is 4.09. The van der Waals surface area contributed by atoms with Crippen molar-refractivity contribution in [1.82, 2.24) is 5.32 Å². The summed E-state index contributed by atoms with van der Waals surface area (Å²) in [5.41, 5.74) is 0.541. The van der Waals surface area contributed by atoms with Gasteiger partial charge < -0.3 is 14.8 Å². The molecular weight excluding hydrogens is 399 g/mol. The first-order valence-corrected chi connectivity index (χ1v) is 9.39. The summed E-state index contributed by atoms with van der Waals surface area (Å²) in [6, 6.07) is 13.0. The van der Waals surface area contributed by atoms with Gasteiger partial charge >= 0.3 is 0 Å². The SMILES string of the molecule is COc1ccc([N+](=O)[O-])cc1OCC(=O)N[C@H](c1ccc(F)cc1)c1cccs1. The number of ether oxygens (including phenoxy) is 2. The number of nitrogens with one attached hydrogen (secondary N) is 1. The number of amides is 1. The maximum absolute atomic E-state index is 13.3. The van der Waals surface area contributed by atoms with E-state index < -0.39 is 16.9 Å². The number of nitro groups is 1. The van der Waals surface area contributed by atoms with E-state index in [-0.39, 0.29) is 29.6 Å². The number of halogens is 1. The van der Waals surface area contributed by atoms with Crippen LogP contribution in [0, 0.1) is 15.9 Å². The molecule has 0 aliphatic carbocycles. The average molecular weight is 416 g/mol. The van der Waals surface area contributed by atoms with Crippen molar-refractivity contribution in [2.45, 2.75) is 6.04 Å². The largest absolute Gasteiger partial charge is 0.493 e. The van der Waals surface area contributed by atoms with Crippen molar-refractivity contribution >= 4 is 22.9 Å². The van der Waals surface area contributed by atoms with E-state index >= 15 is 0 Å². The van der Waals surface area contributed by atoms with Gasteiger partial charge in [0.1, 0.15) is 5.82 Å². The minimum atomic E-state index is -0.562. The molecule has 0 radical (unpaired) electrons. The Morgan fingerprint density at radius 1 is 1.21 bits per heavy atom. The number of rotatable bonds is 8. The number of nitro benzene ring substituents is 1. The van der Waals surface area contributed by atoms with E-state index in [1.54, 1.807) is 12.1 Å². The molecule has 0 spiro atoms. The van der Waals surface area contributed by atoms with Gasteiger partial charge in [0.2, 0.25) is 0 Å². The topological polar surface area (TPSA) is 90.7 Å². The fourth-order valence-electron chi connectivity index (χ4n) is 2.67. The van der Waals surface area contributed by atoms with Crippen LogP contribution in [0.1, 0.15) is 16.5 Å². The fraction of sp³-hybridized carbons (Fsp3) is 0.150. The Morgan fingerprint density at radius 3 is 2.59 bits per heavy atom. The predicted molar refractivity (Wildman–Crippen MR) is 106 cm³/mol. The molecule has 7 nitrogen and oxygen atoms in total. The van der Waals surface area contributed by atoms with Gasteiger partial charge in [-0.1, -0.05) is 18.2 Å². The van der Waals surface area contributed by atoms with Gasteiger partial charge in [0.15, 0.2) is 18.1 Å². The molecule has 1 N–H and O–H groups in total. The Bertz CT molecular complexity index is 993. The first-order valence-electron chi connectivity index (χ1n) is 8.51. The Labute approximate surface area is 169 Å². The van der Waals surface area contributed by atoms with Crippen LogP contribution in [0.4, 0.5) is 10.1 Å². The lowest BCUT2D eigenvalue weighted by Gasteiger charge is -2.18. The summed E-state index contributed by atoms with van der Waals surface area (Å²) in [4.78, 5) is 23.8. The van der Waals surface area contributed by atoms with E-state index in [0.717, 1.165) is 10.4 Å². The Hall–Kier alpha value is -3.46. The van der Waals surface area contributed by atoms with Crippen LogP contribution in [0.5, 0.6) is 11.5 Å². The summed E-state index contributed by atoms with van der Waals surface area (Å²) in [7, 11) is 1.40. The molecule has 3 aromatic rings. The molecule has 1 atom stereocenters. The van der Waals surface area contributed by atoms with Gasteiger partial charge in [-0.15, -0.1) is 11.3 Å². The van der Waals surface area contributed by atoms with Crippen molar-refractivity contribution < 1.29 is 23.6 Å². The third-order valence-electron chi connectivity index (χ3n) is 4.05. The third-order valence-corrected chi connectivity index (χ3v) is 4.99. The van der Waals surface area contributed by atoms with Crippen LogP contribution >= 0.6 is 11.3 Å². The number of nitrogens with zero attached hydrogens (tertiary/aromatic N) is 1. The molecule has 1 heterocycles. The zero-order chi connectivity index (χ0) is 20.8. The standard InChI is InChI=1S/C20H17FN2O5S/c1-27-16-9-8-15(23(25)26)11-17(16)28-12-19(24)22-20(18-3-2-10-29-18)13-4-6-14(21)7-5-13/h2-11,20H,12H2,1H3,(H,22,24)/t20-/m1/s1. The van der Waals surface area contributed by atoms with E-state index in [0.29, 0.717) is 0 Å². The van der Waals surface area contributed by atoms with E-state index in [1.165, 1.54) is 48.8 Å². The lowest BCUT2D eigenvalue weighted by atomic mass is 10.1. The summed E-state index contributed by atoms with van der Waals surface area (Å²) in [5, 5.41) is 15.7. The zero-order valence-corrected chi connectivity index (χ0v) is 16.1. The summed E-state index contributed by atoms with van der Waals surface area (Å²) in [6.45, 7) is -0.374. The number of carbonyl (C=O) groups excluding carboxylic acids is 1. The molecule has 0 aliphatic rings. The molecule has 29 heavy (non-hydrogen) atoms. The molecule has 2 aromatic carbocycles. The van der Waals surface area contributed by atoms with Crippen molar-refractivity contribution in [3.8, 4) is 11.5 Å². The molecule has 1 amide bonds. The Morgan fingerprint density at radius 2 is 1.97 bits per heavy atom. The van der Waals surface area contributed by atoms with Crippen molar-refractivity contribution in [2.24, 2.45) is 0 Å². The highest BCUT2D eigenvalue weighted by molar-refractivity contribution is 7.10. The molecule has 150 valence electrons. The molecule has 1 aromatic heterocycles. The molecule has 0 saturated carbocycles. The Kier molecular flexibility index (Phi) is 6.40. The van der Waals surface area contributed by atoms with E-state index in [4.69, 9.17) is 9.47 Å². The highest BCUT2D eigenvalue weighted by Gasteiger charge is 2.19. The molecule has 0 bridgehead atoms. The minimum Gasteiger partial charge on any atom is -0.493 e. The minimum absolute atomic E-state index is 0.0892. The smallest absolute Gasteiger partial charge is 0.273 e. The highest BCUT2D eigenvalue weighted by Crippen LogP contribution is 2.31. The first kappa shape index (κ1) is 20.3. The molecule has 0 aliphatic heterocycles. The second kappa shape index (κ2) is 9.16. The molecule has 9 heteroatoms. The monoisotopic (exact) mass is 416 g/mol. The summed E-state index contributed by atoms with van der Waals surface area (Å²) >= 11 is 1.45. The molecule has 0 fully saturated rings. The second-order valence-corrected chi connectivity index (χ2v) is 6.93. The van der Waals surface area contributed by atoms with Gasteiger partial charge in [0.05, 0.1) is 24.1 Å². The summed E-state index contributed by atoms with van der Waals surface area (Å²) in [6.07, 6.45) is 0. The van der Waals surface area contributed by atoms with Crippen LogP contribution in [0.25, 0.3) is 0 Å². The number of non-ortho nitro benzene ring substituents is 1. The lowest BCUT2D eigenvalue weighted by molar-refractivity contribution is -0.385. The van der Waals surface area contributed by atoms with Gasteiger partial charge in [0, 0.05) is 10.9 Å². The Balaban J connectivity index is 1.73. The van der Waals surface area contributed by atoms with Crippen LogP contribution in [-0.4, -0.2) is 24.5 Å². The number of thiophene rings is 1. The molecule has 0 saturated heterocycles. The number of hydrogen-bond donors (Lipinski definition) is 1. The molecular formula is C20H17FN2O5S. The van der Waals surface area contributed by atoms with E-state index in [1.807, 2.05) is 17.5 Å². The number of hydrogen-bond acceptors (Lipinski definition) is 6. The van der Waals surface area contributed by atoms with Crippen LogP contribution in [-0.2, 0) is 4.79 Å². The molecule has 3 rings (SSSR count). The molecule has 0 unspecified atom stereocenters. The van der Waals surface area contributed by atoms with E-state index in [9.17, 15) is 19.3 Å². The van der Waals surface area contributed by atoms with Crippen LogP contribution < -0.4 is 14.8 Å². The average Bonchev–Trinajstić information content (AvgIpc) is 3.25. The van der Waals surface area contributed by atoms with Crippen molar-refractivity contribution in [3.63, 3.8) is 0 Å². The first-order chi connectivity index (χ1) is 14.0. The van der Waals surface area contributed by atoms with Crippen molar-refractivity contribution in [2.75, 3.05) is 13.7 Å². The van der Waals surface area contributed by atoms with Crippen LogP contribution in [0.15, 0.2) is 60.0 Å². The third kappa shape index (κ3) is 5.08. The van der Waals surface area contributed by atoms with Gasteiger partial charge in [-0.3, -0.25) is 14.9 Å². The number of carbonyl (C=O) groups is 1. The van der Waals surface area contributed by atoms with Gasteiger partial charge in [-0.05, 0) is 35.2 Å². The van der Waals surface area contributed by atoms with Gasteiger partial charge in [-0.25, -0.2) is 4.39 Å². The van der Waals surface area contributed by atoms with E-state index in [2.05, 4.69) is 5.32 Å².